The minimum Gasteiger partial charge on any atom is -0.383 e. The highest BCUT2D eigenvalue weighted by Gasteiger charge is 2.29. The van der Waals surface area contributed by atoms with Gasteiger partial charge in [0, 0.05) is 26.7 Å². The second kappa shape index (κ2) is 8.27. The molecule has 1 aliphatic heterocycles. The van der Waals surface area contributed by atoms with Crippen LogP contribution in [0, 0.1) is 6.92 Å². The highest BCUT2D eigenvalue weighted by molar-refractivity contribution is 5.93. The lowest BCUT2D eigenvalue weighted by Crippen LogP contribution is -2.34. The summed E-state index contributed by atoms with van der Waals surface area (Å²) in [4.78, 5) is 14.3. The Hall–Kier alpha value is -2.46. The van der Waals surface area contributed by atoms with Crippen molar-refractivity contribution in [1.82, 2.24) is 25.2 Å². The third-order valence-corrected chi connectivity index (χ3v) is 4.72. The molecule has 0 saturated heterocycles. The number of alkyl halides is 3. The van der Waals surface area contributed by atoms with E-state index in [4.69, 9.17) is 4.74 Å². The lowest BCUT2D eigenvalue weighted by Gasteiger charge is -2.29. The monoisotopic (exact) mass is 397 g/mol. The third-order valence-electron chi connectivity index (χ3n) is 4.72. The van der Waals surface area contributed by atoms with Gasteiger partial charge < -0.3 is 10.1 Å². The number of hydrogen-bond acceptors (Lipinski definition) is 5. The van der Waals surface area contributed by atoms with Gasteiger partial charge in [-0.1, -0.05) is 17.3 Å². The molecular formula is C18H22F3N5O2. The molecule has 0 bridgehead atoms. The van der Waals surface area contributed by atoms with Crippen LogP contribution in [0.1, 0.15) is 27.3 Å². The minimum atomic E-state index is -4.48. The van der Waals surface area contributed by atoms with Crippen molar-refractivity contribution in [3.05, 3.63) is 40.7 Å². The molecule has 0 radical (unpaired) electrons. The van der Waals surface area contributed by atoms with Gasteiger partial charge in [-0.3, -0.25) is 9.69 Å². The molecule has 1 aromatic heterocycles. The first-order valence-electron chi connectivity index (χ1n) is 8.90. The predicted octanol–water partition coefficient (Wildman–Crippen LogP) is 1.87. The van der Waals surface area contributed by atoms with Crippen LogP contribution in [0.4, 0.5) is 13.2 Å². The van der Waals surface area contributed by atoms with Crippen molar-refractivity contribution in [2.24, 2.45) is 0 Å². The van der Waals surface area contributed by atoms with Gasteiger partial charge in [0.05, 0.1) is 18.0 Å². The van der Waals surface area contributed by atoms with E-state index in [9.17, 15) is 18.0 Å². The number of nitrogens with one attached hydrogen (secondary N) is 1. The molecule has 0 unspecified atom stereocenters. The molecule has 0 saturated carbocycles. The number of fused-ring (bicyclic) bond motifs is 1. The molecule has 0 spiro atoms. The molecule has 0 aliphatic carbocycles. The van der Waals surface area contributed by atoms with Crippen LogP contribution in [0.15, 0.2) is 18.2 Å². The van der Waals surface area contributed by atoms with Crippen LogP contribution in [-0.2, 0) is 17.7 Å². The minimum absolute atomic E-state index is 0.112. The van der Waals surface area contributed by atoms with E-state index in [0.717, 1.165) is 42.9 Å². The van der Waals surface area contributed by atoms with Crippen LogP contribution in [0.2, 0.25) is 0 Å². The molecule has 152 valence electrons. The van der Waals surface area contributed by atoms with Crippen LogP contribution >= 0.6 is 0 Å². The Morgan fingerprint density at radius 1 is 1.36 bits per heavy atom. The quantitative estimate of drug-likeness (QED) is 0.806. The first-order chi connectivity index (χ1) is 13.3. The van der Waals surface area contributed by atoms with Crippen molar-refractivity contribution >= 4 is 5.91 Å². The van der Waals surface area contributed by atoms with Gasteiger partial charge in [-0.15, -0.1) is 5.10 Å². The number of carbonyl (C=O) groups excluding carboxylic acids is 1. The normalized spacial score (nSPS) is 14.8. The molecule has 0 fully saturated rings. The van der Waals surface area contributed by atoms with Gasteiger partial charge in [-0.25, -0.2) is 4.68 Å². The Labute approximate surface area is 160 Å². The van der Waals surface area contributed by atoms with Crippen LogP contribution in [0.5, 0.6) is 0 Å². The number of nitrogens with zero attached hydrogens (tertiary/aromatic N) is 4. The van der Waals surface area contributed by atoms with Crippen molar-refractivity contribution in [1.29, 1.82) is 0 Å². The summed E-state index contributed by atoms with van der Waals surface area (Å²) in [7, 11) is 1.67. The topological polar surface area (TPSA) is 72.3 Å². The average molecular weight is 397 g/mol. The van der Waals surface area contributed by atoms with E-state index in [1.165, 1.54) is 4.68 Å². The molecule has 2 aromatic rings. The lowest BCUT2D eigenvalue weighted by molar-refractivity contribution is -0.123. The van der Waals surface area contributed by atoms with Gasteiger partial charge in [0.2, 0.25) is 0 Å². The van der Waals surface area contributed by atoms with Crippen LogP contribution < -0.4 is 5.32 Å². The number of methoxy groups -OCH3 is 1. The summed E-state index contributed by atoms with van der Waals surface area (Å²) in [6.45, 7) is 3.35. The first kappa shape index (κ1) is 20.3. The number of carbonyl (C=O) groups is 1. The zero-order valence-corrected chi connectivity index (χ0v) is 15.7. The maximum Gasteiger partial charge on any atom is 0.405 e. The summed E-state index contributed by atoms with van der Waals surface area (Å²) in [5, 5.41) is 9.66. The highest BCUT2D eigenvalue weighted by Crippen LogP contribution is 2.26. The smallest absolute Gasteiger partial charge is 0.383 e. The van der Waals surface area contributed by atoms with Crippen molar-refractivity contribution < 1.29 is 22.7 Å². The number of hydrogen-bond donors (Lipinski definition) is 1. The maximum absolute atomic E-state index is 12.3. The SMILES string of the molecule is COCCN1CCc2c(cccc2-n2nnc(C(=O)NCC(F)(F)F)c2C)C1. The molecule has 7 nitrogen and oxygen atoms in total. The van der Waals surface area contributed by atoms with E-state index in [-0.39, 0.29) is 5.69 Å². The molecule has 28 heavy (non-hydrogen) atoms. The summed E-state index contributed by atoms with van der Waals surface area (Å²) >= 11 is 0. The molecule has 1 N–H and O–H groups in total. The molecule has 1 aromatic carbocycles. The maximum atomic E-state index is 12.3. The zero-order chi connectivity index (χ0) is 20.3. The Balaban J connectivity index is 1.82. The zero-order valence-electron chi connectivity index (χ0n) is 15.7. The second-order valence-corrected chi connectivity index (χ2v) is 6.67. The molecular weight excluding hydrogens is 375 g/mol. The molecule has 1 amide bonds. The predicted molar refractivity (Wildman–Crippen MR) is 95.3 cm³/mol. The Morgan fingerprint density at radius 3 is 2.86 bits per heavy atom. The van der Waals surface area contributed by atoms with E-state index in [2.05, 4.69) is 15.2 Å². The fourth-order valence-corrected chi connectivity index (χ4v) is 3.29. The van der Waals surface area contributed by atoms with Gasteiger partial charge in [0.25, 0.3) is 5.91 Å². The molecule has 1 aliphatic rings. The van der Waals surface area contributed by atoms with E-state index in [0.29, 0.717) is 12.3 Å². The summed E-state index contributed by atoms with van der Waals surface area (Å²) in [6.07, 6.45) is -3.68. The average Bonchev–Trinajstić information content (AvgIpc) is 3.04. The number of halogens is 3. The molecule has 2 heterocycles. The van der Waals surface area contributed by atoms with Crippen molar-refractivity contribution in [3.63, 3.8) is 0 Å². The molecule has 3 rings (SSSR count). The summed E-state index contributed by atoms with van der Waals surface area (Å²) in [6, 6.07) is 5.82. The number of benzene rings is 1. The van der Waals surface area contributed by atoms with Crippen LogP contribution in [0.3, 0.4) is 0 Å². The standard InChI is InChI=1S/C18H22F3N5O2/c1-12-16(17(27)22-11-18(19,20)21)23-24-26(12)15-5-3-4-13-10-25(8-9-28-2)7-6-14(13)15/h3-5H,6-11H2,1-2H3,(H,22,27). The highest BCUT2D eigenvalue weighted by atomic mass is 19.4. The van der Waals surface area contributed by atoms with Crippen molar-refractivity contribution in [2.45, 2.75) is 26.1 Å². The Morgan fingerprint density at radius 2 is 2.14 bits per heavy atom. The lowest BCUT2D eigenvalue weighted by atomic mass is 9.97. The Bertz CT molecular complexity index is 850. The van der Waals surface area contributed by atoms with E-state index in [1.807, 2.05) is 23.5 Å². The largest absolute Gasteiger partial charge is 0.405 e. The summed E-state index contributed by atoms with van der Waals surface area (Å²) < 4.78 is 43.7. The van der Waals surface area contributed by atoms with Gasteiger partial charge in [0.1, 0.15) is 6.54 Å². The fraction of sp³-hybridized carbons (Fsp3) is 0.500. The fourth-order valence-electron chi connectivity index (χ4n) is 3.29. The van der Waals surface area contributed by atoms with Crippen molar-refractivity contribution in [3.8, 4) is 5.69 Å². The van der Waals surface area contributed by atoms with Crippen molar-refractivity contribution in [2.75, 3.05) is 33.4 Å². The number of ether oxygens (including phenoxy) is 1. The number of aromatic nitrogens is 3. The van der Waals surface area contributed by atoms with Crippen LogP contribution in [0.25, 0.3) is 5.69 Å². The first-order valence-corrected chi connectivity index (χ1v) is 8.90. The van der Waals surface area contributed by atoms with Gasteiger partial charge in [0.15, 0.2) is 5.69 Å². The van der Waals surface area contributed by atoms with Gasteiger partial charge in [-0.2, -0.15) is 13.2 Å². The van der Waals surface area contributed by atoms with Gasteiger partial charge >= 0.3 is 6.18 Å². The third kappa shape index (κ3) is 4.50. The van der Waals surface area contributed by atoms with Crippen LogP contribution in [-0.4, -0.2) is 65.3 Å². The molecule has 0 atom stereocenters. The second-order valence-electron chi connectivity index (χ2n) is 6.67. The Kier molecular flexibility index (Phi) is 5.99. The summed E-state index contributed by atoms with van der Waals surface area (Å²) in [5.74, 6) is -0.892. The number of amides is 1. The molecule has 10 heteroatoms. The number of rotatable bonds is 6. The van der Waals surface area contributed by atoms with E-state index in [1.54, 1.807) is 14.0 Å². The summed E-state index contributed by atoms with van der Waals surface area (Å²) in [5.41, 5.74) is 3.34. The van der Waals surface area contributed by atoms with E-state index < -0.39 is 18.6 Å². The van der Waals surface area contributed by atoms with E-state index >= 15 is 0 Å². The van der Waals surface area contributed by atoms with Gasteiger partial charge in [-0.05, 0) is 30.5 Å².